The molecular weight excluding hydrogens is 469 g/mol. The summed E-state index contributed by atoms with van der Waals surface area (Å²) in [5, 5.41) is 13.4. The van der Waals surface area contributed by atoms with Crippen molar-refractivity contribution < 1.29 is 32.2 Å². The van der Waals surface area contributed by atoms with Gasteiger partial charge < -0.3 is 19.7 Å². The van der Waals surface area contributed by atoms with Gasteiger partial charge in [-0.3, -0.25) is 9.59 Å². The van der Waals surface area contributed by atoms with Gasteiger partial charge in [0.05, 0.1) is 13.0 Å². The van der Waals surface area contributed by atoms with Crippen molar-refractivity contribution in [2.24, 2.45) is 5.92 Å². The fourth-order valence-electron chi connectivity index (χ4n) is 3.76. The van der Waals surface area contributed by atoms with Crippen LogP contribution in [0.1, 0.15) is 24.2 Å². The summed E-state index contributed by atoms with van der Waals surface area (Å²) in [6, 6.07) is 10.2. The molecule has 0 radical (unpaired) electrons. The topological polar surface area (TPSA) is 111 Å². The lowest BCUT2D eigenvalue weighted by Gasteiger charge is -2.31. The van der Waals surface area contributed by atoms with Crippen LogP contribution in [0.5, 0.6) is 5.75 Å². The molecule has 1 aliphatic heterocycles. The Bertz CT molecular complexity index is 1210. The number of esters is 1. The van der Waals surface area contributed by atoms with E-state index < -0.39 is 36.4 Å². The van der Waals surface area contributed by atoms with Crippen LogP contribution in [-0.2, 0) is 27.0 Å². The maximum absolute atomic E-state index is 13.1. The van der Waals surface area contributed by atoms with E-state index in [2.05, 4.69) is 20.6 Å². The second kappa shape index (κ2) is 10.2. The summed E-state index contributed by atoms with van der Waals surface area (Å²) in [7, 11) is 1.55. The second-order valence-electron chi connectivity index (χ2n) is 7.98. The van der Waals surface area contributed by atoms with Crippen LogP contribution in [0.4, 0.5) is 19.0 Å². The Kier molecular flexibility index (Phi) is 7.03. The van der Waals surface area contributed by atoms with E-state index in [1.54, 1.807) is 30.2 Å². The summed E-state index contributed by atoms with van der Waals surface area (Å²) in [6.07, 6.45) is -3.85. The summed E-state index contributed by atoms with van der Waals surface area (Å²) in [5.41, 5.74) is 0.834. The molecule has 1 amide bonds. The van der Waals surface area contributed by atoms with Crippen LogP contribution >= 0.6 is 0 Å². The molecule has 35 heavy (non-hydrogen) atoms. The molecule has 1 saturated heterocycles. The molecular formula is C22H23F3N6O4. The van der Waals surface area contributed by atoms with Gasteiger partial charge in [-0.2, -0.15) is 17.7 Å². The maximum atomic E-state index is 13.1. The highest BCUT2D eigenvalue weighted by atomic mass is 19.4. The first kappa shape index (κ1) is 24.2. The van der Waals surface area contributed by atoms with Crippen molar-refractivity contribution in [1.82, 2.24) is 25.1 Å². The van der Waals surface area contributed by atoms with Gasteiger partial charge in [0.15, 0.2) is 12.3 Å². The Labute approximate surface area is 198 Å². The summed E-state index contributed by atoms with van der Waals surface area (Å²) in [4.78, 5) is 26.2. The molecule has 1 aromatic carbocycles. The third-order valence-corrected chi connectivity index (χ3v) is 5.62. The van der Waals surface area contributed by atoms with Gasteiger partial charge in [0, 0.05) is 19.6 Å². The number of piperidine rings is 1. The van der Waals surface area contributed by atoms with Crippen LogP contribution in [-0.4, -0.2) is 58.5 Å². The lowest BCUT2D eigenvalue weighted by molar-refractivity contribution is -0.153. The Balaban J connectivity index is 1.25. The molecule has 0 atom stereocenters. The minimum atomic E-state index is -4.68. The van der Waals surface area contributed by atoms with Crippen LogP contribution in [0.2, 0.25) is 0 Å². The predicted molar refractivity (Wildman–Crippen MR) is 117 cm³/mol. The van der Waals surface area contributed by atoms with E-state index in [-0.39, 0.29) is 12.2 Å². The summed E-state index contributed by atoms with van der Waals surface area (Å²) in [5.74, 6) is -1.52. The minimum absolute atomic E-state index is 0.00998. The molecule has 10 nitrogen and oxygen atoms in total. The molecule has 0 spiro atoms. The number of nitrogens with zero attached hydrogens (tertiary/aromatic N) is 5. The van der Waals surface area contributed by atoms with E-state index >= 15 is 0 Å². The van der Waals surface area contributed by atoms with Gasteiger partial charge in [-0.1, -0.05) is 12.1 Å². The molecule has 13 heteroatoms. The molecule has 186 valence electrons. The number of anilines is 1. The first-order valence-electron chi connectivity index (χ1n) is 10.9. The van der Waals surface area contributed by atoms with Crippen LogP contribution in [0.25, 0.3) is 5.65 Å². The van der Waals surface area contributed by atoms with Crippen molar-refractivity contribution >= 4 is 23.3 Å². The molecule has 0 unspecified atom stereocenters. The highest BCUT2D eigenvalue weighted by Crippen LogP contribution is 2.29. The Morgan fingerprint density at radius 3 is 2.63 bits per heavy atom. The molecule has 0 aliphatic carbocycles. The van der Waals surface area contributed by atoms with E-state index in [9.17, 15) is 22.8 Å². The van der Waals surface area contributed by atoms with Crippen LogP contribution in [0.15, 0.2) is 36.4 Å². The van der Waals surface area contributed by atoms with Gasteiger partial charge in [-0.05, 0) is 42.7 Å². The molecule has 0 bridgehead atoms. The monoisotopic (exact) mass is 492 g/mol. The third-order valence-electron chi connectivity index (χ3n) is 5.62. The number of carbonyl (C=O) groups excluding carboxylic acids is 2. The number of amides is 1. The fraction of sp³-hybridized carbons (Fsp3) is 0.409. The number of hydrogen-bond donors (Lipinski definition) is 1. The number of alkyl halides is 3. The zero-order chi connectivity index (χ0) is 25.0. The molecule has 1 fully saturated rings. The van der Waals surface area contributed by atoms with Crippen molar-refractivity contribution in [3.63, 3.8) is 0 Å². The molecule has 1 aliphatic rings. The lowest BCUT2D eigenvalue weighted by atomic mass is 9.97. The number of benzene rings is 1. The van der Waals surface area contributed by atoms with E-state index in [0.29, 0.717) is 42.0 Å². The van der Waals surface area contributed by atoms with Crippen molar-refractivity contribution in [3.05, 3.63) is 47.8 Å². The van der Waals surface area contributed by atoms with E-state index in [1.165, 1.54) is 6.07 Å². The van der Waals surface area contributed by atoms with E-state index in [0.717, 1.165) is 5.56 Å². The van der Waals surface area contributed by atoms with Gasteiger partial charge in [0.1, 0.15) is 11.6 Å². The van der Waals surface area contributed by atoms with Gasteiger partial charge in [-0.25, -0.2) is 0 Å². The SMILES string of the molecule is COc1cccc(CNC(=O)COC(=O)C2CCN(c3ccc4nnc(C(F)(F)F)n4n3)CC2)c1. The van der Waals surface area contributed by atoms with Gasteiger partial charge >= 0.3 is 12.1 Å². The molecule has 3 heterocycles. The van der Waals surface area contributed by atoms with E-state index in [1.807, 2.05) is 12.1 Å². The number of rotatable bonds is 7. The molecule has 4 rings (SSSR count). The number of methoxy groups -OCH3 is 1. The third kappa shape index (κ3) is 5.78. The standard InChI is InChI=1S/C22H23F3N6O4/c1-34-16-4-2-3-14(11-16)12-26-19(32)13-35-20(33)15-7-9-30(10-8-15)18-6-5-17-27-28-21(22(23,24)25)31(17)29-18/h2-6,11,15H,7-10,12-13H2,1H3,(H,26,32). The number of fused-ring (bicyclic) bond motifs is 1. The Morgan fingerprint density at radius 2 is 1.91 bits per heavy atom. The van der Waals surface area contributed by atoms with Gasteiger partial charge in [-0.15, -0.1) is 15.3 Å². The number of ether oxygens (including phenoxy) is 2. The average molecular weight is 492 g/mol. The molecule has 0 saturated carbocycles. The lowest BCUT2D eigenvalue weighted by Crippen LogP contribution is -2.38. The zero-order valence-electron chi connectivity index (χ0n) is 18.8. The first-order chi connectivity index (χ1) is 16.7. The molecule has 2 aromatic heterocycles. The quantitative estimate of drug-likeness (QED) is 0.500. The van der Waals surface area contributed by atoms with Crippen molar-refractivity contribution in [2.75, 3.05) is 31.7 Å². The largest absolute Gasteiger partial charge is 0.497 e. The van der Waals surface area contributed by atoms with Gasteiger partial charge in [0.25, 0.3) is 11.7 Å². The first-order valence-corrected chi connectivity index (χ1v) is 10.9. The molecule has 3 aromatic rings. The number of carbonyl (C=O) groups is 2. The highest BCUT2D eigenvalue weighted by molar-refractivity contribution is 5.81. The number of nitrogens with one attached hydrogen (secondary N) is 1. The second-order valence-corrected chi connectivity index (χ2v) is 7.98. The number of aromatic nitrogens is 4. The maximum Gasteiger partial charge on any atom is 0.453 e. The summed E-state index contributed by atoms with van der Waals surface area (Å²) in [6.45, 7) is 0.661. The normalized spacial score (nSPS) is 14.7. The summed E-state index contributed by atoms with van der Waals surface area (Å²) >= 11 is 0. The van der Waals surface area contributed by atoms with Crippen molar-refractivity contribution in [1.29, 1.82) is 0 Å². The van der Waals surface area contributed by atoms with Gasteiger partial charge in [0.2, 0.25) is 0 Å². The minimum Gasteiger partial charge on any atom is -0.497 e. The van der Waals surface area contributed by atoms with Crippen molar-refractivity contribution in [3.8, 4) is 5.75 Å². The summed E-state index contributed by atoms with van der Waals surface area (Å²) < 4.78 is 50.3. The molecule has 1 N–H and O–H groups in total. The highest BCUT2D eigenvalue weighted by Gasteiger charge is 2.38. The van der Waals surface area contributed by atoms with Crippen LogP contribution < -0.4 is 15.0 Å². The fourth-order valence-corrected chi connectivity index (χ4v) is 3.76. The average Bonchev–Trinajstić information content (AvgIpc) is 3.30. The van der Waals surface area contributed by atoms with Crippen molar-refractivity contribution in [2.45, 2.75) is 25.6 Å². The predicted octanol–water partition coefficient (Wildman–Crippen LogP) is 2.23. The van der Waals surface area contributed by atoms with Crippen LogP contribution in [0.3, 0.4) is 0 Å². The Morgan fingerprint density at radius 1 is 1.14 bits per heavy atom. The van der Waals surface area contributed by atoms with Crippen LogP contribution in [0, 0.1) is 5.92 Å². The smallest absolute Gasteiger partial charge is 0.453 e. The number of hydrogen-bond acceptors (Lipinski definition) is 8. The Hall–Kier alpha value is -3.90. The number of halogens is 3. The van der Waals surface area contributed by atoms with E-state index in [4.69, 9.17) is 9.47 Å². The zero-order valence-corrected chi connectivity index (χ0v) is 18.8.